The molecular weight excluding hydrogens is 278 g/mol. The molecule has 1 amide bonds. The van der Waals surface area contributed by atoms with Crippen LogP contribution in [0.25, 0.3) is 0 Å². The number of carbonyl (C=O) groups is 1. The number of ether oxygens (including phenoxy) is 2. The number of allylic oxidation sites excluding steroid dienone is 1. The summed E-state index contributed by atoms with van der Waals surface area (Å²) < 4.78 is 11.7. The monoisotopic (exact) mass is 307 g/mol. The minimum Gasteiger partial charge on any atom is -0.382 e. The van der Waals surface area contributed by atoms with Crippen LogP contribution in [0.1, 0.15) is 51.9 Å². The van der Waals surface area contributed by atoms with E-state index in [2.05, 4.69) is 6.08 Å². The molecule has 2 heterocycles. The molecule has 1 spiro atoms. The average molecular weight is 307 g/mol. The summed E-state index contributed by atoms with van der Waals surface area (Å²) in [4.78, 5) is 14.5. The van der Waals surface area contributed by atoms with E-state index in [0.717, 1.165) is 83.4 Å². The second-order valence-electron chi connectivity index (χ2n) is 6.80. The molecule has 1 atom stereocenters. The second-order valence-corrected chi connectivity index (χ2v) is 6.80. The van der Waals surface area contributed by atoms with Crippen molar-refractivity contribution < 1.29 is 14.3 Å². The predicted octanol–water partition coefficient (Wildman–Crippen LogP) is 2.92. The number of carbonyl (C=O) groups excluding carboxylic acids is 1. The molecule has 3 aliphatic rings. The molecule has 0 aromatic rings. The van der Waals surface area contributed by atoms with Crippen LogP contribution in [0.15, 0.2) is 11.6 Å². The van der Waals surface area contributed by atoms with E-state index in [1.165, 1.54) is 0 Å². The fourth-order valence-electron chi connectivity index (χ4n) is 4.27. The first-order chi connectivity index (χ1) is 10.7. The lowest BCUT2D eigenvalue weighted by Crippen LogP contribution is -2.49. The first kappa shape index (κ1) is 16.0. The minimum atomic E-state index is 0.0118. The summed E-state index contributed by atoms with van der Waals surface area (Å²) in [6.45, 7) is 6.24. The minimum absolute atomic E-state index is 0.0118. The van der Waals surface area contributed by atoms with E-state index >= 15 is 0 Å². The van der Waals surface area contributed by atoms with E-state index in [1.807, 2.05) is 11.8 Å². The lowest BCUT2D eigenvalue weighted by Gasteiger charge is -2.42. The molecule has 3 rings (SSSR count). The van der Waals surface area contributed by atoms with Gasteiger partial charge in [0, 0.05) is 38.5 Å². The summed E-state index contributed by atoms with van der Waals surface area (Å²) in [6.07, 6.45) is 9.52. The largest absolute Gasteiger partial charge is 0.382 e. The van der Waals surface area contributed by atoms with Gasteiger partial charge in [-0.2, -0.15) is 0 Å². The van der Waals surface area contributed by atoms with Gasteiger partial charge < -0.3 is 14.4 Å². The molecule has 0 saturated carbocycles. The highest BCUT2D eigenvalue weighted by molar-refractivity contribution is 5.93. The van der Waals surface area contributed by atoms with Crippen LogP contribution in [-0.2, 0) is 14.3 Å². The van der Waals surface area contributed by atoms with Gasteiger partial charge in [0.25, 0.3) is 0 Å². The Bertz CT molecular complexity index is 424. The van der Waals surface area contributed by atoms with Crippen LogP contribution < -0.4 is 0 Å². The van der Waals surface area contributed by atoms with Crippen molar-refractivity contribution in [2.45, 2.75) is 57.5 Å². The molecular formula is C18H29NO3. The summed E-state index contributed by atoms with van der Waals surface area (Å²) in [6, 6.07) is 0. The highest BCUT2D eigenvalue weighted by Crippen LogP contribution is 2.42. The number of hydrogen-bond acceptors (Lipinski definition) is 3. The highest BCUT2D eigenvalue weighted by Gasteiger charge is 2.46. The molecule has 124 valence electrons. The predicted molar refractivity (Wildman–Crippen MR) is 85.6 cm³/mol. The molecule has 0 unspecified atom stereocenters. The summed E-state index contributed by atoms with van der Waals surface area (Å²) in [5.41, 5.74) is 1.05. The van der Waals surface area contributed by atoms with Crippen LogP contribution in [0.2, 0.25) is 0 Å². The van der Waals surface area contributed by atoms with Gasteiger partial charge in [0.1, 0.15) is 0 Å². The van der Waals surface area contributed by atoms with Crippen LogP contribution >= 0.6 is 0 Å². The lowest BCUT2D eigenvalue weighted by atomic mass is 9.78. The smallest absolute Gasteiger partial charge is 0.249 e. The van der Waals surface area contributed by atoms with Crippen molar-refractivity contribution in [3.8, 4) is 0 Å². The highest BCUT2D eigenvalue weighted by atomic mass is 16.5. The average Bonchev–Trinajstić information content (AvgIpc) is 3.19. The number of rotatable bonds is 5. The fourth-order valence-corrected chi connectivity index (χ4v) is 4.27. The van der Waals surface area contributed by atoms with Gasteiger partial charge >= 0.3 is 0 Å². The van der Waals surface area contributed by atoms with Gasteiger partial charge in [0.15, 0.2) is 0 Å². The third-order valence-corrected chi connectivity index (χ3v) is 5.63. The van der Waals surface area contributed by atoms with Gasteiger partial charge in [0.2, 0.25) is 5.91 Å². The van der Waals surface area contributed by atoms with Gasteiger partial charge in [0.05, 0.1) is 5.60 Å². The van der Waals surface area contributed by atoms with Crippen molar-refractivity contribution in [2.24, 2.45) is 5.92 Å². The first-order valence-electron chi connectivity index (χ1n) is 8.95. The molecule has 2 aliphatic heterocycles. The fraction of sp³-hybridized carbons (Fsp3) is 0.833. The van der Waals surface area contributed by atoms with Crippen LogP contribution in [0, 0.1) is 5.92 Å². The van der Waals surface area contributed by atoms with E-state index in [9.17, 15) is 4.79 Å². The molecule has 1 aliphatic carbocycles. The summed E-state index contributed by atoms with van der Waals surface area (Å²) in [7, 11) is 0. The summed E-state index contributed by atoms with van der Waals surface area (Å²) >= 11 is 0. The molecule has 2 fully saturated rings. The molecule has 2 saturated heterocycles. The third-order valence-electron chi connectivity index (χ3n) is 5.63. The summed E-state index contributed by atoms with van der Waals surface area (Å²) in [5, 5.41) is 0. The van der Waals surface area contributed by atoms with E-state index in [1.54, 1.807) is 0 Å². The van der Waals surface area contributed by atoms with Gasteiger partial charge in [-0.1, -0.05) is 6.08 Å². The zero-order valence-corrected chi connectivity index (χ0v) is 13.8. The first-order valence-corrected chi connectivity index (χ1v) is 8.95. The van der Waals surface area contributed by atoms with Crippen molar-refractivity contribution in [1.82, 2.24) is 4.90 Å². The van der Waals surface area contributed by atoms with Crippen molar-refractivity contribution >= 4 is 5.91 Å². The zero-order valence-electron chi connectivity index (χ0n) is 13.8. The molecule has 0 radical (unpaired) electrons. The maximum Gasteiger partial charge on any atom is 0.249 e. The van der Waals surface area contributed by atoms with Crippen molar-refractivity contribution in [2.75, 3.05) is 32.9 Å². The molecule has 0 aromatic heterocycles. The van der Waals surface area contributed by atoms with Crippen molar-refractivity contribution in [3.05, 3.63) is 11.6 Å². The van der Waals surface area contributed by atoms with E-state index in [0.29, 0.717) is 5.92 Å². The Hall–Kier alpha value is -0.870. The normalized spacial score (nSPS) is 27.4. The van der Waals surface area contributed by atoms with Crippen LogP contribution in [0.5, 0.6) is 0 Å². The SMILES string of the molecule is CCOCC[C@H]1CCOC12CCN(C(=O)C1=CCCC1)CC2. The molecule has 0 N–H and O–H groups in total. The van der Waals surface area contributed by atoms with Crippen LogP contribution in [0.4, 0.5) is 0 Å². The quantitative estimate of drug-likeness (QED) is 0.733. The molecule has 0 bridgehead atoms. The van der Waals surface area contributed by atoms with Crippen LogP contribution in [-0.4, -0.2) is 49.3 Å². The second kappa shape index (κ2) is 7.14. The van der Waals surface area contributed by atoms with E-state index in [4.69, 9.17) is 9.47 Å². The Kier molecular flexibility index (Phi) is 5.19. The van der Waals surface area contributed by atoms with Crippen molar-refractivity contribution in [1.29, 1.82) is 0 Å². The van der Waals surface area contributed by atoms with Gasteiger partial charge in [-0.05, 0) is 57.8 Å². The number of nitrogens with zero attached hydrogens (tertiary/aromatic N) is 1. The third kappa shape index (κ3) is 3.23. The maximum absolute atomic E-state index is 12.5. The molecule has 4 heteroatoms. The van der Waals surface area contributed by atoms with Gasteiger partial charge in [-0.3, -0.25) is 4.79 Å². The Balaban J connectivity index is 1.54. The number of likely N-dealkylation sites (tertiary alicyclic amines) is 1. The maximum atomic E-state index is 12.5. The zero-order chi connectivity index (χ0) is 15.4. The van der Waals surface area contributed by atoms with Crippen LogP contribution in [0.3, 0.4) is 0 Å². The molecule has 0 aromatic carbocycles. The van der Waals surface area contributed by atoms with E-state index < -0.39 is 0 Å². The number of amides is 1. The Morgan fingerprint density at radius 2 is 2.27 bits per heavy atom. The number of piperidine rings is 1. The number of hydrogen-bond donors (Lipinski definition) is 0. The molecule has 22 heavy (non-hydrogen) atoms. The standard InChI is InChI=1S/C18H29NO3/c1-2-21-13-7-16-8-14-22-18(16)9-11-19(12-10-18)17(20)15-5-3-4-6-15/h5,16H,2-4,6-14H2,1H3/t16-/m0/s1. The van der Waals surface area contributed by atoms with Gasteiger partial charge in [-0.25, -0.2) is 0 Å². The van der Waals surface area contributed by atoms with Gasteiger partial charge in [-0.15, -0.1) is 0 Å². The Morgan fingerprint density at radius 3 is 2.95 bits per heavy atom. The van der Waals surface area contributed by atoms with E-state index in [-0.39, 0.29) is 11.5 Å². The summed E-state index contributed by atoms with van der Waals surface area (Å²) in [5.74, 6) is 0.873. The topological polar surface area (TPSA) is 38.8 Å². The lowest BCUT2D eigenvalue weighted by molar-refractivity contribution is -0.133. The van der Waals surface area contributed by atoms with Crippen molar-refractivity contribution in [3.63, 3.8) is 0 Å². The Morgan fingerprint density at radius 1 is 1.45 bits per heavy atom. The molecule has 4 nitrogen and oxygen atoms in total. The Labute approximate surface area is 133 Å².